The Morgan fingerprint density at radius 2 is 1.65 bits per heavy atom. The molecule has 0 amide bonds. The number of rotatable bonds is 3. The molecule has 5 heteroatoms. The van der Waals surface area contributed by atoms with Gasteiger partial charge in [-0.2, -0.15) is 0 Å². The highest BCUT2D eigenvalue weighted by Gasteiger charge is 2.16. The average Bonchev–Trinajstić information content (AvgIpc) is 2.37. The van der Waals surface area contributed by atoms with Crippen LogP contribution >= 0.6 is 11.6 Å². The van der Waals surface area contributed by atoms with E-state index in [2.05, 4.69) is 5.32 Å². The molecule has 0 aromatic heterocycles. The van der Waals surface area contributed by atoms with Gasteiger partial charge >= 0.3 is 0 Å². The van der Waals surface area contributed by atoms with Crippen LogP contribution in [0.3, 0.4) is 0 Å². The summed E-state index contributed by atoms with van der Waals surface area (Å²) in [7, 11) is 1.79. The molecule has 1 N–H and O–H groups in total. The Morgan fingerprint density at radius 1 is 1.05 bits per heavy atom. The predicted octanol–water partition coefficient (Wildman–Crippen LogP) is 4.70. The molecule has 0 saturated heterocycles. The molecule has 0 aliphatic heterocycles. The van der Waals surface area contributed by atoms with Crippen molar-refractivity contribution in [3.63, 3.8) is 0 Å². The largest absolute Gasteiger partial charge is 0.313 e. The van der Waals surface area contributed by atoms with Crippen LogP contribution < -0.4 is 5.32 Å². The maximum atomic E-state index is 13.7. The summed E-state index contributed by atoms with van der Waals surface area (Å²) in [6.07, 6.45) is 0. The third-order valence-electron chi connectivity index (χ3n) is 3.20. The maximum Gasteiger partial charge on any atom is 0.136 e. The Bertz CT molecular complexity index is 620. The van der Waals surface area contributed by atoms with E-state index in [1.54, 1.807) is 19.2 Å². The lowest BCUT2D eigenvalue weighted by atomic mass is 10.0. The standard InChI is InChI=1S/C15H13ClF3N/c1-8(20-2)11-4-3-9(5-12(11)16)15-13(18)6-10(17)7-14(15)19/h3-8,20H,1-2H3. The summed E-state index contributed by atoms with van der Waals surface area (Å²) in [5.41, 5.74) is 0.815. The Kier molecular flexibility index (Phi) is 4.35. The molecule has 0 spiro atoms. The summed E-state index contributed by atoms with van der Waals surface area (Å²) < 4.78 is 40.3. The van der Waals surface area contributed by atoms with Gasteiger partial charge in [-0.3, -0.25) is 0 Å². The van der Waals surface area contributed by atoms with Crippen molar-refractivity contribution in [2.75, 3.05) is 7.05 Å². The van der Waals surface area contributed by atoms with Crippen molar-refractivity contribution in [1.29, 1.82) is 0 Å². The van der Waals surface area contributed by atoms with Gasteiger partial charge in [0.25, 0.3) is 0 Å². The fourth-order valence-electron chi connectivity index (χ4n) is 2.01. The van der Waals surface area contributed by atoms with E-state index in [9.17, 15) is 13.2 Å². The van der Waals surface area contributed by atoms with Gasteiger partial charge in [-0.15, -0.1) is 0 Å². The molecule has 0 aliphatic rings. The first-order valence-electron chi connectivity index (χ1n) is 6.05. The molecule has 1 nitrogen and oxygen atoms in total. The second kappa shape index (κ2) is 5.85. The van der Waals surface area contributed by atoms with E-state index in [1.807, 2.05) is 6.92 Å². The molecule has 2 aromatic carbocycles. The topological polar surface area (TPSA) is 12.0 Å². The van der Waals surface area contributed by atoms with Gasteiger partial charge in [0.1, 0.15) is 17.5 Å². The molecule has 20 heavy (non-hydrogen) atoms. The third-order valence-corrected chi connectivity index (χ3v) is 3.52. The average molecular weight is 300 g/mol. The van der Waals surface area contributed by atoms with Crippen LogP contribution in [0.4, 0.5) is 13.2 Å². The Balaban J connectivity index is 2.53. The van der Waals surface area contributed by atoms with Gasteiger partial charge in [-0.25, -0.2) is 13.2 Å². The molecule has 1 unspecified atom stereocenters. The van der Waals surface area contributed by atoms with Gasteiger partial charge in [0.05, 0.1) is 5.56 Å². The molecule has 106 valence electrons. The first-order valence-corrected chi connectivity index (χ1v) is 6.43. The quantitative estimate of drug-likeness (QED) is 0.866. The third kappa shape index (κ3) is 2.81. The van der Waals surface area contributed by atoms with E-state index in [1.165, 1.54) is 6.07 Å². The normalized spacial score (nSPS) is 12.5. The van der Waals surface area contributed by atoms with Gasteiger partial charge in [0.2, 0.25) is 0 Å². The first-order chi connectivity index (χ1) is 9.43. The van der Waals surface area contributed by atoms with Crippen LogP contribution in [0.1, 0.15) is 18.5 Å². The van der Waals surface area contributed by atoms with Crippen molar-refractivity contribution in [2.24, 2.45) is 0 Å². The number of hydrogen-bond acceptors (Lipinski definition) is 1. The van der Waals surface area contributed by atoms with Gasteiger partial charge in [0, 0.05) is 23.2 Å². The smallest absolute Gasteiger partial charge is 0.136 e. The van der Waals surface area contributed by atoms with E-state index < -0.39 is 17.5 Å². The fraction of sp³-hybridized carbons (Fsp3) is 0.200. The van der Waals surface area contributed by atoms with E-state index in [0.29, 0.717) is 17.2 Å². The SMILES string of the molecule is CNC(C)c1ccc(-c2c(F)cc(F)cc2F)cc1Cl. The van der Waals surface area contributed by atoms with Gasteiger partial charge in [-0.1, -0.05) is 23.7 Å². The summed E-state index contributed by atoms with van der Waals surface area (Å²) in [5, 5.41) is 3.43. The van der Waals surface area contributed by atoms with E-state index in [-0.39, 0.29) is 17.2 Å². The van der Waals surface area contributed by atoms with Crippen LogP contribution in [0.15, 0.2) is 30.3 Å². The molecule has 0 aliphatic carbocycles. The van der Waals surface area contributed by atoms with Crippen molar-refractivity contribution in [1.82, 2.24) is 5.32 Å². The van der Waals surface area contributed by atoms with Crippen molar-refractivity contribution in [3.05, 3.63) is 58.4 Å². The van der Waals surface area contributed by atoms with Crippen molar-refractivity contribution >= 4 is 11.6 Å². The van der Waals surface area contributed by atoms with E-state index in [0.717, 1.165) is 5.56 Å². The molecule has 0 fully saturated rings. The summed E-state index contributed by atoms with van der Waals surface area (Å²) >= 11 is 6.13. The lowest BCUT2D eigenvalue weighted by Gasteiger charge is -2.14. The number of nitrogens with one attached hydrogen (secondary N) is 1. The minimum Gasteiger partial charge on any atom is -0.313 e. The van der Waals surface area contributed by atoms with Crippen LogP contribution in [0, 0.1) is 17.5 Å². The van der Waals surface area contributed by atoms with Gasteiger partial charge in [-0.05, 0) is 31.2 Å². The van der Waals surface area contributed by atoms with Gasteiger partial charge in [0.15, 0.2) is 0 Å². The second-order valence-corrected chi connectivity index (χ2v) is 4.90. The molecule has 1 atom stereocenters. The molecule has 0 heterocycles. The van der Waals surface area contributed by atoms with Crippen molar-refractivity contribution in [3.8, 4) is 11.1 Å². The van der Waals surface area contributed by atoms with Crippen LogP contribution in [0.5, 0.6) is 0 Å². The highest BCUT2D eigenvalue weighted by Crippen LogP contribution is 2.32. The molecule has 0 saturated carbocycles. The summed E-state index contributed by atoms with van der Waals surface area (Å²) in [5.74, 6) is -2.85. The summed E-state index contributed by atoms with van der Waals surface area (Å²) in [6.45, 7) is 1.92. The predicted molar refractivity (Wildman–Crippen MR) is 74.2 cm³/mol. The minimum absolute atomic E-state index is 0.0134. The minimum atomic E-state index is -0.951. The molecule has 0 radical (unpaired) electrons. The maximum absolute atomic E-state index is 13.7. The summed E-state index contributed by atoms with van der Waals surface area (Å²) in [4.78, 5) is 0. The zero-order chi connectivity index (χ0) is 14.9. The van der Waals surface area contributed by atoms with Crippen LogP contribution in [0.25, 0.3) is 11.1 Å². The summed E-state index contributed by atoms with van der Waals surface area (Å²) in [6, 6.07) is 6.05. The van der Waals surface area contributed by atoms with Crippen LogP contribution in [-0.4, -0.2) is 7.05 Å². The molecular weight excluding hydrogens is 287 g/mol. The zero-order valence-corrected chi connectivity index (χ0v) is 11.7. The Hall–Kier alpha value is -1.52. The second-order valence-electron chi connectivity index (χ2n) is 4.49. The first kappa shape index (κ1) is 14.9. The number of halogens is 4. The lowest BCUT2D eigenvalue weighted by Crippen LogP contribution is -2.12. The fourth-order valence-corrected chi connectivity index (χ4v) is 2.35. The monoisotopic (exact) mass is 299 g/mol. The van der Waals surface area contributed by atoms with Gasteiger partial charge < -0.3 is 5.32 Å². The molecule has 2 rings (SSSR count). The Labute approximate surface area is 120 Å². The Morgan fingerprint density at radius 3 is 2.15 bits per heavy atom. The number of hydrogen-bond donors (Lipinski definition) is 1. The molecule has 0 bridgehead atoms. The molecule has 2 aromatic rings. The van der Waals surface area contributed by atoms with Crippen LogP contribution in [-0.2, 0) is 0 Å². The zero-order valence-electron chi connectivity index (χ0n) is 11.0. The number of benzene rings is 2. The van der Waals surface area contributed by atoms with Crippen LogP contribution in [0.2, 0.25) is 5.02 Å². The highest BCUT2D eigenvalue weighted by atomic mass is 35.5. The molecular formula is C15H13ClF3N. The highest BCUT2D eigenvalue weighted by molar-refractivity contribution is 6.31. The van der Waals surface area contributed by atoms with Crippen molar-refractivity contribution < 1.29 is 13.2 Å². The lowest BCUT2D eigenvalue weighted by molar-refractivity contribution is 0.548. The van der Waals surface area contributed by atoms with E-state index >= 15 is 0 Å². The van der Waals surface area contributed by atoms with Crippen molar-refractivity contribution in [2.45, 2.75) is 13.0 Å². The van der Waals surface area contributed by atoms with E-state index in [4.69, 9.17) is 11.6 Å².